The van der Waals surface area contributed by atoms with Crippen molar-refractivity contribution in [2.75, 3.05) is 0 Å². The van der Waals surface area contributed by atoms with Gasteiger partial charge in [-0.3, -0.25) is 0 Å². The van der Waals surface area contributed by atoms with Crippen LogP contribution in [0, 0.1) is 0 Å². The van der Waals surface area contributed by atoms with E-state index < -0.39 is 6.10 Å². The van der Waals surface area contributed by atoms with Crippen molar-refractivity contribution in [2.45, 2.75) is 25.9 Å². The lowest BCUT2D eigenvalue weighted by atomic mass is 10.0. The third kappa shape index (κ3) is 4.13. The molecule has 0 radical (unpaired) electrons. The number of rotatable bonds is 5. The summed E-state index contributed by atoms with van der Waals surface area (Å²) < 4.78 is 0. The van der Waals surface area contributed by atoms with Crippen LogP contribution >= 0.6 is 0 Å². The van der Waals surface area contributed by atoms with E-state index in [4.69, 9.17) is 0 Å². The second kappa shape index (κ2) is 6.20. The van der Waals surface area contributed by atoms with Crippen molar-refractivity contribution >= 4 is 0 Å². The van der Waals surface area contributed by atoms with E-state index in [1.807, 2.05) is 36.4 Å². The number of benzene rings is 1. The Hall–Kier alpha value is -1.34. The number of aliphatic hydroxyl groups excluding tert-OH is 1. The van der Waals surface area contributed by atoms with E-state index in [1.54, 1.807) is 0 Å². The van der Waals surface area contributed by atoms with Crippen molar-refractivity contribution in [3.63, 3.8) is 0 Å². The molecule has 1 heteroatoms. The van der Waals surface area contributed by atoms with Crippen molar-refractivity contribution in [3.05, 3.63) is 60.2 Å². The van der Waals surface area contributed by atoms with Gasteiger partial charge in [0.2, 0.25) is 0 Å². The zero-order chi connectivity index (χ0) is 11.1. The smallest absolute Gasteiger partial charge is 0.0824 e. The van der Waals surface area contributed by atoms with Gasteiger partial charge >= 0.3 is 0 Å². The zero-order valence-corrected chi connectivity index (χ0v) is 9.19. The lowest BCUT2D eigenvalue weighted by Crippen LogP contribution is -1.95. The van der Waals surface area contributed by atoms with E-state index in [9.17, 15) is 5.11 Å². The third-order valence-electron chi connectivity index (χ3n) is 2.34. The molecule has 1 atom stereocenters. The Balaban J connectivity index is 2.53. The molecular weight excluding hydrogens is 184 g/mol. The van der Waals surface area contributed by atoms with E-state index in [0.29, 0.717) is 6.42 Å². The fraction of sp³-hybridized carbons (Fsp3) is 0.286. The Morgan fingerprint density at radius 3 is 2.67 bits per heavy atom. The standard InChI is InChI=1S/C14H18O/c1-3-7-12(2)10-11-14(15)13-8-5-4-6-9-13/h3-6,8-10,14-15H,1,7,11H2,2H3/b12-10-/t14-/m0/s1. The minimum Gasteiger partial charge on any atom is -0.388 e. The first-order valence-corrected chi connectivity index (χ1v) is 5.23. The monoisotopic (exact) mass is 202 g/mol. The largest absolute Gasteiger partial charge is 0.388 e. The van der Waals surface area contributed by atoms with Gasteiger partial charge in [-0.05, 0) is 25.3 Å². The van der Waals surface area contributed by atoms with Crippen molar-refractivity contribution < 1.29 is 5.11 Å². The summed E-state index contributed by atoms with van der Waals surface area (Å²) in [4.78, 5) is 0. The lowest BCUT2D eigenvalue weighted by molar-refractivity contribution is 0.181. The van der Waals surface area contributed by atoms with Crippen LogP contribution in [0.4, 0.5) is 0 Å². The molecule has 0 aliphatic carbocycles. The molecule has 1 aromatic carbocycles. The first kappa shape index (κ1) is 11.7. The maximum absolute atomic E-state index is 9.87. The highest BCUT2D eigenvalue weighted by Gasteiger charge is 2.03. The highest BCUT2D eigenvalue weighted by Crippen LogP contribution is 2.17. The predicted octanol–water partition coefficient (Wildman–Crippen LogP) is 3.63. The van der Waals surface area contributed by atoms with E-state index in [2.05, 4.69) is 19.6 Å². The van der Waals surface area contributed by atoms with Crippen molar-refractivity contribution in [1.82, 2.24) is 0 Å². The van der Waals surface area contributed by atoms with Gasteiger partial charge in [0.05, 0.1) is 6.10 Å². The Labute approximate surface area is 91.8 Å². The highest BCUT2D eigenvalue weighted by molar-refractivity contribution is 5.18. The molecule has 1 nitrogen and oxygen atoms in total. The Morgan fingerprint density at radius 2 is 2.07 bits per heavy atom. The van der Waals surface area contributed by atoms with Crippen LogP contribution in [0.2, 0.25) is 0 Å². The summed E-state index contributed by atoms with van der Waals surface area (Å²) in [6.45, 7) is 5.74. The Kier molecular flexibility index (Phi) is 4.85. The van der Waals surface area contributed by atoms with Gasteiger partial charge in [-0.25, -0.2) is 0 Å². The summed E-state index contributed by atoms with van der Waals surface area (Å²) in [6.07, 6.45) is 5.11. The van der Waals surface area contributed by atoms with E-state index in [0.717, 1.165) is 12.0 Å². The van der Waals surface area contributed by atoms with Crippen LogP contribution in [0.5, 0.6) is 0 Å². The topological polar surface area (TPSA) is 20.2 Å². The van der Waals surface area contributed by atoms with Gasteiger partial charge in [-0.15, -0.1) is 6.58 Å². The second-order valence-corrected chi connectivity index (χ2v) is 3.71. The molecule has 1 N–H and O–H groups in total. The van der Waals surface area contributed by atoms with E-state index in [1.165, 1.54) is 5.57 Å². The molecule has 1 rings (SSSR count). The summed E-state index contributed by atoms with van der Waals surface area (Å²) >= 11 is 0. The molecule has 15 heavy (non-hydrogen) atoms. The predicted molar refractivity (Wildman–Crippen MR) is 64.6 cm³/mol. The van der Waals surface area contributed by atoms with Crippen molar-refractivity contribution in [3.8, 4) is 0 Å². The minimum atomic E-state index is -0.397. The number of hydrogen-bond acceptors (Lipinski definition) is 1. The summed E-state index contributed by atoms with van der Waals surface area (Å²) in [5.41, 5.74) is 2.22. The fourth-order valence-electron chi connectivity index (χ4n) is 1.44. The first-order chi connectivity index (χ1) is 7.24. The second-order valence-electron chi connectivity index (χ2n) is 3.71. The van der Waals surface area contributed by atoms with Gasteiger partial charge < -0.3 is 5.11 Å². The van der Waals surface area contributed by atoms with Gasteiger partial charge in [0.1, 0.15) is 0 Å². The van der Waals surface area contributed by atoms with E-state index >= 15 is 0 Å². The quantitative estimate of drug-likeness (QED) is 0.723. The third-order valence-corrected chi connectivity index (χ3v) is 2.34. The van der Waals surface area contributed by atoms with Crippen LogP contribution < -0.4 is 0 Å². The SMILES string of the molecule is C=CC/C(C)=C\C[C@H](O)c1ccccc1. The number of allylic oxidation sites excluding steroid dienone is 2. The van der Waals surface area contributed by atoms with Crippen LogP contribution in [-0.4, -0.2) is 5.11 Å². The molecule has 0 saturated heterocycles. The molecule has 0 aromatic heterocycles. The van der Waals surface area contributed by atoms with Gasteiger partial charge in [0.15, 0.2) is 0 Å². The molecular formula is C14H18O. The molecule has 0 bridgehead atoms. The summed E-state index contributed by atoms with van der Waals surface area (Å²) in [5, 5.41) is 9.87. The molecule has 0 amide bonds. The van der Waals surface area contributed by atoms with Crippen LogP contribution in [0.25, 0.3) is 0 Å². The number of aliphatic hydroxyl groups is 1. The Morgan fingerprint density at radius 1 is 1.40 bits per heavy atom. The Bertz CT molecular complexity index is 324. The van der Waals surface area contributed by atoms with Gasteiger partial charge in [0.25, 0.3) is 0 Å². The highest BCUT2D eigenvalue weighted by atomic mass is 16.3. The maximum Gasteiger partial charge on any atom is 0.0824 e. The fourth-order valence-corrected chi connectivity index (χ4v) is 1.44. The summed E-state index contributed by atoms with van der Waals surface area (Å²) in [6, 6.07) is 9.73. The molecule has 0 spiro atoms. The molecule has 0 saturated carbocycles. The van der Waals surface area contributed by atoms with Crippen molar-refractivity contribution in [2.24, 2.45) is 0 Å². The lowest BCUT2D eigenvalue weighted by Gasteiger charge is -2.08. The average Bonchev–Trinajstić information content (AvgIpc) is 2.27. The van der Waals surface area contributed by atoms with E-state index in [-0.39, 0.29) is 0 Å². The minimum absolute atomic E-state index is 0.397. The van der Waals surface area contributed by atoms with Crippen molar-refractivity contribution in [1.29, 1.82) is 0 Å². The molecule has 0 aliphatic rings. The summed E-state index contributed by atoms with van der Waals surface area (Å²) in [7, 11) is 0. The van der Waals surface area contributed by atoms with Gasteiger partial charge in [0, 0.05) is 0 Å². The van der Waals surface area contributed by atoms with Crippen LogP contribution in [0.15, 0.2) is 54.6 Å². The molecule has 0 aliphatic heterocycles. The first-order valence-electron chi connectivity index (χ1n) is 5.23. The summed E-state index contributed by atoms with van der Waals surface area (Å²) in [5.74, 6) is 0. The maximum atomic E-state index is 9.87. The van der Waals surface area contributed by atoms with Gasteiger partial charge in [-0.2, -0.15) is 0 Å². The normalized spacial score (nSPS) is 13.6. The average molecular weight is 202 g/mol. The van der Waals surface area contributed by atoms with Crippen LogP contribution in [0.1, 0.15) is 31.4 Å². The zero-order valence-electron chi connectivity index (χ0n) is 9.19. The molecule has 0 unspecified atom stereocenters. The van der Waals surface area contributed by atoms with Crippen LogP contribution in [-0.2, 0) is 0 Å². The molecule has 80 valence electrons. The number of hydrogen-bond donors (Lipinski definition) is 1. The van der Waals surface area contributed by atoms with Gasteiger partial charge in [-0.1, -0.05) is 48.1 Å². The van der Waals surface area contributed by atoms with Crippen LogP contribution in [0.3, 0.4) is 0 Å². The molecule has 0 heterocycles. The molecule has 0 fully saturated rings. The molecule has 1 aromatic rings.